The van der Waals surface area contributed by atoms with Gasteiger partial charge in [-0.15, -0.1) is 0 Å². The third-order valence-electron chi connectivity index (χ3n) is 4.80. The number of nitrogens with zero attached hydrogens (tertiary/aromatic N) is 3. The highest BCUT2D eigenvalue weighted by Crippen LogP contribution is 2.25. The lowest BCUT2D eigenvalue weighted by molar-refractivity contribution is 0.132. The van der Waals surface area contributed by atoms with Crippen molar-refractivity contribution in [1.82, 2.24) is 4.57 Å². The van der Waals surface area contributed by atoms with Gasteiger partial charge in [0, 0.05) is 44.8 Å². The van der Waals surface area contributed by atoms with Gasteiger partial charge in [0.15, 0.2) is 0 Å². The summed E-state index contributed by atoms with van der Waals surface area (Å²) in [6.45, 7) is 0.847. The molecule has 0 bridgehead atoms. The molecule has 0 fully saturated rings. The molecule has 0 aliphatic rings. The molecule has 0 radical (unpaired) electrons. The number of hydrogen-bond acceptors (Lipinski definition) is 3. The van der Waals surface area contributed by atoms with Crippen LogP contribution in [0.5, 0.6) is 0 Å². The summed E-state index contributed by atoms with van der Waals surface area (Å²) in [4.78, 5) is 5.45. The highest BCUT2D eigenvalue weighted by atomic mass is 35.5. The third kappa shape index (κ3) is 4.33. The minimum absolute atomic E-state index is 0.235. The van der Waals surface area contributed by atoms with E-state index < -0.39 is 0 Å². The summed E-state index contributed by atoms with van der Waals surface area (Å²) >= 11 is 12.4. The van der Waals surface area contributed by atoms with Crippen LogP contribution in [0.15, 0.2) is 78.1 Å². The van der Waals surface area contributed by atoms with Crippen molar-refractivity contribution in [3.8, 4) is 6.07 Å². The number of oxime groups is 1. The second-order valence-corrected chi connectivity index (χ2v) is 7.59. The van der Waals surface area contributed by atoms with Crippen LogP contribution >= 0.6 is 23.2 Å². The van der Waals surface area contributed by atoms with Gasteiger partial charge in [0.1, 0.15) is 6.61 Å². The molecule has 4 aromatic rings. The predicted molar refractivity (Wildman–Crippen MR) is 121 cm³/mol. The van der Waals surface area contributed by atoms with Crippen LogP contribution in [0.4, 0.5) is 0 Å². The van der Waals surface area contributed by atoms with Crippen LogP contribution in [-0.2, 0) is 18.0 Å². The fourth-order valence-electron chi connectivity index (χ4n) is 3.30. The maximum absolute atomic E-state index is 9.17. The van der Waals surface area contributed by atoms with E-state index in [0.717, 1.165) is 27.6 Å². The molecule has 0 saturated heterocycles. The second-order valence-electron chi connectivity index (χ2n) is 6.74. The van der Waals surface area contributed by atoms with Crippen molar-refractivity contribution >= 4 is 40.3 Å². The molecule has 0 atom stereocenters. The standard InChI is InChI=1S/C24H17Cl2N3O/c25-21-10-9-18(23(26)11-21)14-29-15-20(22-7-3-4-8-24(22)29)13-28-30-16-19-6-2-1-5-17(19)12-27/h1-11,13,15H,14,16H2/b28-13-. The normalized spacial score (nSPS) is 11.1. The summed E-state index contributed by atoms with van der Waals surface area (Å²) in [5.74, 6) is 0. The zero-order valence-electron chi connectivity index (χ0n) is 15.9. The molecule has 30 heavy (non-hydrogen) atoms. The van der Waals surface area contributed by atoms with Crippen LogP contribution in [-0.4, -0.2) is 10.8 Å². The number of halogens is 2. The van der Waals surface area contributed by atoms with E-state index in [9.17, 15) is 0 Å². The van der Waals surface area contributed by atoms with Crippen LogP contribution in [0.1, 0.15) is 22.3 Å². The molecular formula is C24H17Cl2N3O. The van der Waals surface area contributed by atoms with Crippen LogP contribution in [0.3, 0.4) is 0 Å². The van der Waals surface area contributed by atoms with Crippen molar-refractivity contribution in [2.45, 2.75) is 13.2 Å². The van der Waals surface area contributed by atoms with Crippen molar-refractivity contribution < 1.29 is 4.84 Å². The first-order chi connectivity index (χ1) is 14.7. The minimum atomic E-state index is 0.235. The molecule has 0 unspecified atom stereocenters. The average Bonchev–Trinajstić information content (AvgIpc) is 3.11. The Labute approximate surface area is 184 Å². The predicted octanol–water partition coefficient (Wildman–Crippen LogP) is 6.42. The number of rotatable bonds is 6. The van der Waals surface area contributed by atoms with Gasteiger partial charge in [-0.3, -0.25) is 0 Å². The van der Waals surface area contributed by atoms with Gasteiger partial charge in [0.05, 0.1) is 17.8 Å². The zero-order valence-corrected chi connectivity index (χ0v) is 17.4. The summed E-state index contributed by atoms with van der Waals surface area (Å²) in [5, 5.41) is 15.6. The highest BCUT2D eigenvalue weighted by Gasteiger charge is 2.09. The summed E-state index contributed by atoms with van der Waals surface area (Å²) in [7, 11) is 0. The lowest BCUT2D eigenvalue weighted by Gasteiger charge is -2.08. The first kappa shape index (κ1) is 20.0. The maximum atomic E-state index is 9.17. The Morgan fingerprint density at radius 1 is 1.00 bits per heavy atom. The molecule has 0 aliphatic heterocycles. The van der Waals surface area contributed by atoms with Crippen LogP contribution in [0, 0.1) is 11.3 Å². The van der Waals surface area contributed by atoms with E-state index in [0.29, 0.717) is 22.2 Å². The van der Waals surface area contributed by atoms with Crippen molar-refractivity contribution in [2.75, 3.05) is 0 Å². The van der Waals surface area contributed by atoms with E-state index >= 15 is 0 Å². The van der Waals surface area contributed by atoms with Gasteiger partial charge >= 0.3 is 0 Å². The molecule has 4 nitrogen and oxygen atoms in total. The number of fused-ring (bicyclic) bond motifs is 1. The summed E-state index contributed by atoms with van der Waals surface area (Å²) in [5.41, 5.74) is 4.37. The molecule has 148 valence electrons. The fourth-order valence-corrected chi connectivity index (χ4v) is 3.77. The van der Waals surface area contributed by atoms with Gasteiger partial charge in [-0.25, -0.2) is 0 Å². The Morgan fingerprint density at radius 2 is 1.80 bits per heavy atom. The van der Waals surface area contributed by atoms with Gasteiger partial charge in [-0.05, 0) is 29.8 Å². The van der Waals surface area contributed by atoms with Crippen LogP contribution < -0.4 is 0 Å². The number of hydrogen-bond donors (Lipinski definition) is 0. The quantitative estimate of drug-likeness (QED) is 0.260. The van der Waals surface area contributed by atoms with E-state index in [1.807, 2.05) is 54.7 Å². The van der Waals surface area contributed by atoms with Gasteiger partial charge in [-0.2, -0.15) is 5.26 Å². The van der Waals surface area contributed by atoms with Crippen molar-refractivity contribution in [3.63, 3.8) is 0 Å². The van der Waals surface area contributed by atoms with Crippen molar-refractivity contribution in [1.29, 1.82) is 5.26 Å². The van der Waals surface area contributed by atoms with Crippen molar-refractivity contribution in [3.05, 3.63) is 105 Å². The number of benzene rings is 3. The van der Waals surface area contributed by atoms with Gasteiger partial charge < -0.3 is 9.40 Å². The third-order valence-corrected chi connectivity index (χ3v) is 5.39. The molecular weight excluding hydrogens is 417 g/mol. The van der Waals surface area contributed by atoms with E-state index in [2.05, 4.69) is 21.9 Å². The Hall–Kier alpha value is -3.26. The molecule has 0 aliphatic carbocycles. The number of para-hydroxylation sites is 1. The molecule has 4 rings (SSSR count). The van der Waals surface area contributed by atoms with E-state index in [4.69, 9.17) is 33.3 Å². The van der Waals surface area contributed by atoms with Gasteiger partial charge in [0.2, 0.25) is 0 Å². The van der Waals surface area contributed by atoms with Gasteiger partial charge in [-0.1, -0.05) is 70.8 Å². The number of nitriles is 1. The lowest BCUT2D eigenvalue weighted by atomic mass is 10.1. The first-order valence-electron chi connectivity index (χ1n) is 9.31. The largest absolute Gasteiger partial charge is 0.391 e. The smallest absolute Gasteiger partial charge is 0.143 e. The molecule has 0 saturated carbocycles. The Kier molecular flexibility index (Phi) is 6.04. The number of aromatic nitrogens is 1. The summed E-state index contributed by atoms with van der Waals surface area (Å²) in [6.07, 6.45) is 3.71. The Balaban J connectivity index is 1.56. The van der Waals surface area contributed by atoms with E-state index in [1.54, 1.807) is 18.3 Å². The van der Waals surface area contributed by atoms with Crippen LogP contribution in [0.2, 0.25) is 10.0 Å². The second kappa shape index (κ2) is 9.04. The monoisotopic (exact) mass is 433 g/mol. The first-order valence-corrected chi connectivity index (χ1v) is 10.1. The molecule has 0 N–H and O–H groups in total. The Morgan fingerprint density at radius 3 is 2.63 bits per heavy atom. The topological polar surface area (TPSA) is 50.3 Å². The summed E-state index contributed by atoms with van der Waals surface area (Å²) in [6, 6.07) is 23.1. The molecule has 0 spiro atoms. The highest BCUT2D eigenvalue weighted by molar-refractivity contribution is 6.35. The van der Waals surface area contributed by atoms with E-state index in [-0.39, 0.29) is 6.61 Å². The maximum Gasteiger partial charge on any atom is 0.143 e. The molecule has 1 aromatic heterocycles. The fraction of sp³-hybridized carbons (Fsp3) is 0.0833. The van der Waals surface area contributed by atoms with E-state index in [1.165, 1.54) is 0 Å². The van der Waals surface area contributed by atoms with Gasteiger partial charge in [0.25, 0.3) is 0 Å². The lowest BCUT2D eigenvalue weighted by Crippen LogP contribution is -1.98. The zero-order chi connectivity index (χ0) is 20.9. The molecule has 0 amide bonds. The molecule has 1 heterocycles. The molecule has 3 aromatic carbocycles. The average molecular weight is 434 g/mol. The minimum Gasteiger partial charge on any atom is -0.391 e. The molecule has 6 heteroatoms. The SMILES string of the molecule is N#Cc1ccccc1CO/N=C\c1cn(Cc2ccc(Cl)cc2Cl)c2ccccc12. The van der Waals surface area contributed by atoms with Crippen molar-refractivity contribution in [2.24, 2.45) is 5.16 Å². The Bertz CT molecular complexity index is 1270. The summed E-state index contributed by atoms with van der Waals surface area (Å²) < 4.78 is 2.12. The van der Waals surface area contributed by atoms with Crippen LogP contribution in [0.25, 0.3) is 10.9 Å².